The molecule has 0 heterocycles. The Bertz CT molecular complexity index is 382. The standard InChI is InChI=1S/C14H19FN2/c1-11(2)13(9-16)10-17-7-6-12-4-3-5-14(15)8-12/h3-5,8,11,13,17H,6-7,10H2,1-2H3. The molecule has 0 aliphatic heterocycles. The van der Waals surface area contributed by atoms with Crippen molar-refractivity contribution in [3.63, 3.8) is 0 Å². The highest BCUT2D eigenvalue weighted by Crippen LogP contribution is 2.08. The van der Waals surface area contributed by atoms with E-state index < -0.39 is 0 Å². The Balaban J connectivity index is 2.27. The average Bonchev–Trinajstić information content (AvgIpc) is 2.28. The van der Waals surface area contributed by atoms with Gasteiger partial charge >= 0.3 is 0 Å². The normalized spacial score (nSPS) is 12.4. The molecule has 0 aliphatic carbocycles. The highest BCUT2D eigenvalue weighted by molar-refractivity contribution is 5.16. The van der Waals surface area contributed by atoms with E-state index in [1.807, 2.05) is 19.9 Å². The van der Waals surface area contributed by atoms with Crippen molar-refractivity contribution in [3.05, 3.63) is 35.6 Å². The molecule has 0 radical (unpaired) electrons. The summed E-state index contributed by atoms with van der Waals surface area (Å²) in [4.78, 5) is 0. The molecule has 0 aliphatic rings. The molecule has 1 aromatic rings. The first kappa shape index (κ1) is 13.7. The molecule has 0 aromatic heterocycles. The fourth-order valence-electron chi connectivity index (χ4n) is 1.61. The third kappa shape index (κ3) is 4.97. The van der Waals surface area contributed by atoms with Crippen molar-refractivity contribution in [2.24, 2.45) is 11.8 Å². The van der Waals surface area contributed by atoms with E-state index in [4.69, 9.17) is 5.26 Å². The summed E-state index contributed by atoms with van der Waals surface area (Å²) in [5.74, 6) is 0.212. The summed E-state index contributed by atoms with van der Waals surface area (Å²) in [6.07, 6.45) is 0.786. The van der Waals surface area contributed by atoms with E-state index in [-0.39, 0.29) is 11.7 Å². The van der Waals surface area contributed by atoms with Gasteiger partial charge in [0.15, 0.2) is 0 Å². The van der Waals surface area contributed by atoms with Crippen molar-refractivity contribution in [1.29, 1.82) is 5.26 Å². The van der Waals surface area contributed by atoms with Crippen LogP contribution >= 0.6 is 0 Å². The van der Waals surface area contributed by atoms with Crippen LogP contribution in [0, 0.1) is 29.0 Å². The van der Waals surface area contributed by atoms with Crippen LogP contribution in [-0.2, 0) is 6.42 Å². The molecule has 1 rings (SSSR count). The monoisotopic (exact) mass is 234 g/mol. The van der Waals surface area contributed by atoms with Crippen LogP contribution in [0.4, 0.5) is 4.39 Å². The van der Waals surface area contributed by atoms with Crippen LogP contribution in [0.1, 0.15) is 19.4 Å². The fourth-order valence-corrected chi connectivity index (χ4v) is 1.61. The molecule has 2 nitrogen and oxygen atoms in total. The first-order valence-corrected chi connectivity index (χ1v) is 5.98. The zero-order chi connectivity index (χ0) is 12.7. The number of benzene rings is 1. The van der Waals surface area contributed by atoms with Gasteiger partial charge in [-0.15, -0.1) is 0 Å². The molecule has 17 heavy (non-hydrogen) atoms. The minimum atomic E-state index is -0.195. The van der Waals surface area contributed by atoms with Gasteiger partial charge in [0, 0.05) is 6.54 Å². The topological polar surface area (TPSA) is 35.8 Å². The largest absolute Gasteiger partial charge is 0.315 e. The smallest absolute Gasteiger partial charge is 0.123 e. The van der Waals surface area contributed by atoms with Gasteiger partial charge in [0.05, 0.1) is 12.0 Å². The number of nitriles is 1. The van der Waals surface area contributed by atoms with E-state index in [9.17, 15) is 4.39 Å². The highest BCUT2D eigenvalue weighted by Gasteiger charge is 2.10. The average molecular weight is 234 g/mol. The Hall–Kier alpha value is -1.40. The van der Waals surface area contributed by atoms with Gasteiger partial charge in [-0.1, -0.05) is 26.0 Å². The van der Waals surface area contributed by atoms with Crippen LogP contribution in [0.3, 0.4) is 0 Å². The summed E-state index contributed by atoms with van der Waals surface area (Å²) in [7, 11) is 0. The van der Waals surface area contributed by atoms with Gasteiger partial charge in [-0.25, -0.2) is 4.39 Å². The van der Waals surface area contributed by atoms with Crippen LogP contribution < -0.4 is 5.32 Å². The molecule has 0 saturated heterocycles. The first-order valence-electron chi connectivity index (χ1n) is 5.98. The zero-order valence-electron chi connectivity index (χ0n) is 10.4. The number of rotatable bonds is 6. The number of hydrogen-bond donors (Lipinski definition) is 1. The van der Waals surface area contributed by atoms with Crippen LogP contribution in [-0.4, -0.2) is 13.1 Å². The predicted octanol–water partition coefficient (Wildman–Crippen LogP) is 2.75. The maximum absolute atomic E-state index is 12.9. The SMILES string of the molecule is CC(C)C(C#N)CNCCc1cccc(F)c1. The Kier molecular flexibility index (Phi) is 5.65. The Morgan fingerprint density at radius 3 is 2.76 bits per heavy atom. The van der Waals surface area contributed by atoms with Crippen LogP contribution in [0.2, 0.25) is 0 Å². The van der Waals surface area contributed by atoms with E-state index in [2.05, 4.69) is 11.4 Å². The fraction of sp³-hybridized carbons (Fsp3) is 0.500. The molecule has 92 valence electrons. The lowest BCUT2D eigenvalue weighted by Crippen LogP contribution is -2.27. The summed E-state index contributed by atoms with van der Waals surface area (Å²) < 4.78 is 12.9. The molecule has 0 amide bonds. The second-order valence-electron chi connectivity index (χ2n) is 4.56. The van der Waals surface area contributed by atoms with Crippen LogP contribution in [0.5, 0.6) is 0 Å². The third-order valence-electron chi connectivity index (χ3n) is 2.81. The molecule has 0 bridgehead atoms. The Morgan fingerprint density at radius 1 is 1.41 bits per heavy atom. The molecule has 1 unspecified atom stereocenters. The van der Waals surface area contributed by atoms with E-state index in [0.717, 1.165) is 18.5 Å². The first-order chi connectivity index (χ1) is 8.13. The van der Waals surface area contributed by atoms with Gasteiger partial charge in [0.25, 0.3) is 0 Å². The van der Waals surface area contributed by atoms with Crippen molar-refractivity contribution in [1.82, 2.24) is 5.32 Å². The van der Waals surface area contributed by atoms with E-state index in [0.29, 0.717) is 12.5 Å². The minimum absolute atomic E-state index is 0.0440. The van der Waals surface area contributed by atoms with Crippen molar-refractivity contribution in [3.8, 4) is 6.07 Å². The lowest BCUT2D eigenvalue weighted by atomic mass is 9.97. The van der Waals surface area contributed by atoms with Crippen LogP contribution in [0.15, 0.2) is 24.3 Å². The number of halogens is 1. The summed E-state index contributed by atoms with van der Waals surface area (Å²) in [5.41, 5.74) is 0.982. The van der Waals surface area contributed by atoms with E-state index >= 15 is 0 Å². The van der Waals surface area contributed by atoms with Crippen molar-refractivity contribution >= 4 is 0 Å². The van der Waals surface area contributed by atoms with E-state index in [1.165, 1.54) is 6.07 Å². The van der Waals surface area contributed by atoms with E-state index in [1.54, 1.807) is 12.1 Å². The van der Waals surface area contributed by atoms with Gasteiger partial charge in [-0.05, 0) is 36.6 Å². The summed E-state index contributed by atoms with van der Waals surface area (Å²) in [6.45, 7) is 5.56. The van der Waals surface area contributed by atoms with Gasteiger partial charge in [-0.2, -0.15) is 5.26 Å². The van der Waals surface area contributed by atoms with Crippen molar-refractivity contribution in [2.45, 2.75) is 20.3 Å². The molecule has 0 spiro atoms. The molecule has 1 atom stereocenters. The Morgan fingerprint density at radius 2 is 2.18 bits per heavy atom. The molecule has 1 aromatic carbocycles. The quantitative estimate of drug-likeness (QED) is 0.768. The summed E-state index contributed by atoms with van der Waals surface area (Å²) >= 11 is 0. The molecule has 1 N–H and O–H groups in total. The van der Waals surface area contributed by atoms with Gasteiger partial charge < -0.3 is 5.32 Å². The summed E-state index contributed by atoms with van der Waals surface area (Å²) in [5, 5.41) is 12.2. The van der Waals surface area contributed by atoms with Crippen molar-refractivity contribution in [2.75, 3.05) is 13.1 Å². The zero-order valence-corrected chi connectivity index (χ0v) is 10.4. The maximum Gasteiger partial charge on any atom is 0.123 e. The molecule has 3 heteroatoms. The lowest BCUT2D eigenvalue weighted by molar-refractivity contribution is 0.444. The lowest BCUT2D eigenvalue weighted by Gasteiger charge is -2.13. The molecular weight excluding hydrogens is 215 g/mol. The highest BCUT2D eigenvalue weighted by atomic mass is 19.1. The third-order valence-corrected chi connectivity index (χ3v) is 2.81. The second kappa shape index (κ2) is 7.03. The second-order valence-corrected chi connectivity index (χ2v) is 4.56. The van der Waals surface area contributed by atoms with Gasteiger partial charge in [0.1, 0.15) is 5.82 Å². The molecule has 0 fully saturated rings. The Labute approximate surface area is 102 Å². The number of nitrogens with zero attached hydrogens (tertiary/aromatic N) is 1. The van der Waals surface area contributed by atoms with Gasteiger partial charge in [-0.3, -0.25) is 0 Å². The van der Waals surface area contributed by atoms with Crippen molar-refractivity contribution < 1.29 is 4.39 Å². The summed E-state index contributed by atoms with van der Waals surface area (Å²) in [6, 6.07) is 8.91. The van der Waals surface area contributed by atoms with Crippen LogP contribution in [0.25, 0.3) is 0 Å². The number of nitrogens with one attached hydrogen (secondary N) is 1. The molecular formula is C14H19FN2. The maximum atomic E-state index is 12.9. The number of hydrogen-bond acceptors (Lipinski definition) is 2. The minimum Gasteiger partial charge on any atom is -0.315 e. The molecule has 0 saturated carbocycles. The predicted molar refractivity (Wildman–Crippen MR) is 66.9 cm³/mol. The van der Waals surface area contributed by atoms with Gasteiger partial charge in [0.2, 0.25) is 0 Å².